The van der Waals surface area contributed by atoms with Crippen LogP contribution in [0.1, 0.15) is 12.8 Å². The fourth-order valence-corrected chi connectivity index (χ4v) is 1.01. The smallest absolute Gasteiger partial charge is 0.170 e. The monoisotopic (exact) mass is 183 g/mol. The highest BCUT2D eigenvalue weighted by atomic mass is 19.2. The molecule has 1 aromatic carbocycles. The molecule has 0 N–H and O–H groups in total. The molecular formula is C10H9F2O. The van der Waals surface area contributed by atoms with E-state index in [2.05, 4.69) is 6.07 Å². The largest absolute Gasteiger partial charge is 0.493 e. The van der Waals surface area contributed by atoms with Gasteiger partial charge < -0.3 is 4.74 Å². The highest BCUT2D eigenvalue weighted by molar-refractivity contribution is 5.21. The maximum atomic E-state index is 12.6. The third-order valence-corrected chi connectivity index (χ3v) is 2.00. The first kappa shape index (κ1) is 8.48. The molecule has 3 heteroatoms. The summed E-state index contributed by atoms with van der Waals surface area (Å²) in [5, 5.41) is 0. The molecule has 0 aliphatic heterocycles. The van der Waals surface area contributed by atoms with Crippen molar-refractivity contribution in [1.82, 2.24) is 0 Å². The lowest BCUT2D eigenvalue weighted by Crippen LogP contribution is -1.99. The predicted molar refractivity (Wildman–Crippen MR) is 43.4 cm³/mol. The minimum Gasteiger partial charge on any atom is -0.493 e. The zero-order valence-corrected chi connectivity index (χ0v) is 7.02. The molecule has 1 saturated carbocycles. The van der Waals surface area contributed by atoms with Crippen LogP contribution in [0.3, 0.4) is 0 Å². The Morgan fingerprint density at radius 1 is 1.38 bits per heavy atom. The van der Waals surface area contributed by atoms with Gasteiger partial charge in [-0.3, -0.25) is 0 Å². The summed E-state index contributed by atoms with van der Waals surface area (Å²) in [5.41, 5.74) is 0. The van der Waals surface area contributed by atoms with Gasteiger partial charge in [0.1, 0.15) is 5.75 Å². The second-order valence-corrected chi connectivity index (χ2v) is 3.24. The fraction of sp³-hybridized carbons (Fsp3) is 0.400. The molecule has 1 fully saturated rings. The predicted octanol–water partition coefficient (Wildman–Crippen LogP) is 2.55. The highest BCUT2D eigenvalue weighted by Crippen LogP contribution is 2.29. The summed E-state index contributed by atoms with van der Waals surface area (Å²) in [6, 6.07) is 4.63. The number of ether oxygens (including phenoxy) is 1. The topological polar surface area (TPSA) is 9.23 Å². The van der Waals surface area contributed by atoms with Crippen molar-refractivity contribution < 1.29 is 13.5 Å². The van der Waals surface area contributed by atoms with Gasteiger partial charge in [0.15, 0.2) is 11.6 Å². The maximum Gasteiger partial charge on any atom is 0.170 e. The molecule has 69 valence electrons. The van der Waals surface area contributed by atoms with Crippen molar-refractivity contribution in [2.45, 2.75) is 12.8 Å². The molecule has 0 saturated heterocycles. The Balaban J connectivity index is 1.98. The molecule has 13 heavy (non-hydrogen) atoms. The van der Waals surface area contributed by atoms with Gasteiger partial charge in [-0.05, 0) is 30.9 Å². The molecule has 1 aliphatic rings. The van der Waals surface area contributed by atoms with Gasteiger partial charge in [0, 0.05) is 0 Å². The Labute approximate surface area is 75.3 Å². The first-order valence-electron chi connectivity index (χ1n) is 4.26. The van der Waals surface area contributed by atoms with Crippen molar-refractivity contribution in [3.05, 3.63) is 29.8 Å². The van der Waals surface area contributed by atoms with E-state index in [9.17, 15) is 8.78 Å². The van der Waals surface area contributed by atoms with E-state index in [-0.39, 0.29) is 5.75 Å². The Morgan fingerprint density at radius 3 is 2.77 bits per heavy atom. The molecular weight excluding hydrogens is 174 g/mol. The van der Waals surface area contributed by atoms with Gasteiger partial charge in [-0.25, -0.2) is 8.78 Å². The van der Waals surface area contributed by atoms with Crippen molar-refractivity contribution in [1.29, 1.82) is 0 Å². The molecule has 0 amide bonds. The average molecular weight is 183 g/mol. The molecule has 0 unspecified atom stereocenters. The summed E-state index contributed by atoms with van der Waals surface area (Å²) in [4.78, 5) is 0. The molecule has 2 rings (SSSR count). The number of hydrogen-bond acceptors (Lipinski definition) is 1. The van der Waals surface area contributed by atoms with Gasteiger partial charge in [-0.1, -0.05) is 0 Å². The van der Waals surface area contributed by atoms with E-state index in [0.717, 1.165) is 6.07 Å². The normalized spacial score (nSPS) is 15.8. The number of rotatable bonds is 3. The molecule has 0 heterocycles. The molecule has 0 spiro atoms. The Kier molecular flexibility index (Phi) is 2.17. The second-order valence-electron chi connectivity index (χ2n) is 3.24. The lowest BCUT2D eigenvalue weighted by Gasteiger charge is -2.03. The standard InChI is InChI=1S/C10H9F2O/c11-9-4-3-8(5-10(9)12)13-6-7-1-2-7/h3-4,7H,1-2,6H2. The third-order valence-electron chi connectivity index (χ3n) is 2.00. The van der Waals surface area contributed by atoms with Crippen molar-refractivity contribution in [2.24, 2.45) is 5.92 Å². The molecule has 0 aromatic heterocycles. The van der Waals surface area contributed by atoms with Gasteiger partial charge in [0.05, 0.1) is 12.7 Å². The van der Waals surface area contributed by atoms with Crippen LogP contribution in [0.15, 0.2) is 12.1 Å². The molecule has 0 atom stereocenters. The first-order valence-corrected chi connectivity index (χ1v) is 4.26. The molecule has 1 aromatic rings. The average Bonchev–Trinajstić information content (AvgIpc) is 2.91. The zero-order valence-electron chi connectivity index (χ0n) is 7.02. The summed E-state index contributed by atoms with van der Waals surface area (Å²) < 4.78 is 30.3. The van der Waals surface area contributed by atoms with Gasteiger partial charge in [-0.2, -0.15) is 0 Å². The highest BCUT2D eigenvalue weighted by Gasteiger charge is 2.22. The van der Waals surface area contributed by atoms with E-state index in [1.165, 1.54) is 18.9 Å². The van der Waals surface area contributed by atoms with E-state index >= 15 is 0 Å². The zero-order chi connectivity index (χ0) is 9.26. The van der Waals surface area contributed by atoms with Gasteiger partial charge in [-0.15, -0.1) is 0 Å². The van der Waals surface area contributed by atoms with E-state index in [1.54, 1.807) is 0 Å². The quantitative estimate of drug-likeness (QED) is 0.699. The Hall–Kier alpha value is -1.12. The van der Waals surface area contributed by atoms with Crippen LogP contribution < -0.4 is 4.74 Å². The first-order chi connectivity index (χ1) is 6.25. The summed E-state index contributed by atoms with van der Waals surface area (Å²) >= 11 is 0. The molecule has 1 aliphatic carbocycles. The van der Waals surface area contributed by atoms with Crippen LogP contribution in [-0.2, 0) is 0 Å². The van der Waals surface area contributed by atoms with E-state index in [0.29, 0.717) is 12.5 Å². The number of benzene rings is 1. The van der Waals surface area contributed by atoms with Crippen LogP contribution in [0.25, 0.3) is 0 Å². The lowest BCUT2D eigenvalue weighted by atomic mass is 10.3. The lowest BCUT2D eigenvalue weighted by molar-refractivity contribution is 0.296. The number of hydrogen-bond donors (Lipinski definition) is 0. The molecule has 1 radical (unpaired) electrons. The van der Waals surface area contributed by atoms with Crippen LogP contribution in [0.4, 0.5) is 8.78 Å². The van der Waals surface area contributed by atoms with Gasteiger partial charge in [0.2, 0.25) is 0 Å². The van der Waals surface area contributed by atoms with Crippen LogP contribution in [0.2, 0.25) is 0 Å². The Morgan fingerprint density at radius 2 is 2.15 bits per heavy atom. The van der Waals surface area contributed by atoms with Crippen LogP contribution >= 0.6 is 0 Å². The van der Waals surface area contributed by atoms with Crippen molar-refractivity contribution in [3.8, 4) is 5.75 Å². The van der Waals surface area contributed by atoms with Crippen LogP contribution in [-0.4, -0.2) is 6.61 Å². The SMILES string of the molecule is Fc1[c]c(OCC2CC2)ccc1F. The summed E-state index contributed by atoms with van der Waals surface area (Å²) in [7, 11) is 0. The van der Waals surface area contributed by atoms with Crippen molar-refractivity contribution in [2.75, 3.05) is 6.61 Å². The van der Waals surface area contributed by atoms with Crippen LogP contribution in [0.5, 0.6) is 5.75 Å². The number of halogens is 2. The molecule has 0 bridgehead atoms. The minimum atomic E-state index is -0.978. The summed E-state index contributed by atoms with van der Waals surface area (Å²) in [6.07, 6.45) is 2.34. The van der Waals surface area contributed by atoms with Crippen LogP contribution in [0, 0.1) is 23.6 Å². The maximum absolute atomic E-state index is 12.6. The second kappa shape index (κ2) is 3.32. The van der Waals surface area contributed by atoms with Gasteiger partial charge >= 0.3 is 0 Å². The summed E-state index contributed by atoms with van der Waals surface area (Å²) in [5.74, 6) is -0.987. The third kappa shape index (κ3) is 2.17. The summed E-state index contributed by atoms with van der Waals surface area (Å²) in [6.45, 7) is 0.585. The van der Waals surface area contributed by atoms with Gasteiger partial charge in [0.25, 0.3) is 0 Å². The Bertz CT molecular complexity index is 308. The molecule has 1 nitrogen and oxygen atoms in total. The van der Waals surface area contributed by atoms with Crippen molar-refractivity contribution >= 4 is 0 Å². The van der Waals surface area contributed by atoms with E-state index < -0.39 is 11.6 Å². The fourth-order valence-electron chi connectivity index (χ4n) is 1.01. The van der Waals surface area contributed by atoms with E-state index in [4.69, 9.17) is 4.74 Å². The minimum absolute atomic E-state index is 0.283. The van der Waals surface area contributed by atoms with E-state index in [1.807, 2.05) is 0 Å². The van der Waals surface area contributed by atoms with Crippen molar-refractivity contribution in [3.63, 3.8) is 0 Å².